The molecule has 2 aromatic rings. The maximum atomic E-state index is 5.90. The molecule has 0 radical (unpaired) electrons. The van der Waals surface area contributed by atoms with Gasteiger partial charge in [-0.1, -0.05) is 61.7 Å². The summed E-state index contributed by atoms with van der Waals surface area (Å²) in [4.78, 5) is 0. The summed E-state index contributed by atoms with van der Waals surface area (Å²) < 4.78 is 5.90. The molecular weight excluding hydrogens is 268 g/mol. The highest BCUT2D eigenvalue weighted by molar-refractivity contribution is 5.66. The number of rotatable bonds is 8. The highest BCUT2D eigenvalue weighted by atomic mass is 16.5. The fourth-order valence-corrected chi connectivity index (χ4v) is 2.38. The SMILES string of the molecule is C=Cc1ccc(CCCCOc2ccccc2C(=C)C)cc1. The molecule has 114 valence electrons. The largest absolute Gasteiger partial charge is 0.493 e. The Kier molecular flexibility index (Phi) is 6.02. The van der Waals surface area contributed by atoms with Crippen LogP contribution in [0.2, 0.25) is 0 Å². The molecule has 0 saturated carbocycles. The van der Waals surface area contributed by atoms with Crippen molar-refractivity contribution in [2.24, 2.45) is 0 Å². The number of allylic oxidation sites excluding steroid dienone is 1. The maximum absolute atomic E-state index is 5.90. The smallest absolute Gasteiger partial charge is 0.126 e. The van der Waals surface area contributed by atoms with Gasteiger partial charge in [-0.25, -0.2) is 0 Å². The highest BCUT2D eigenvalue weighted by Gasteiger charge is 2.03. The summed E-state index contributed by atoms with van der Waals surface area (Å²) in [6.45, 7) is 10.5. The van der Waals surface area contributed by atoms with E-state index in [1.807, 2.05) is 31.2 Å². The van der Waals surface area contributed by atoms with Crippen molar-refractivity contribution in [2.45, 2.75) is 26.2 Å². The summed E-state index contributed by atoms with van der Waals surface area (Å²) in [6, 6.07) is 16.7. The van der Waals surface area contributed by atoms with Gasteiger partial charge in [0, 0.05) is 5.56 Å². The molecule has 0 bridgehead atoms. The van der Waals surface area contributed by atoms with Crippen molar-refractivity contribution in [3.63, 3.8) is 0 Å². The van der Waals surface area contributed by atoms with Crippen molar-refractivity contribution >= 4 is 11.6 Å². The van der Waals surface area contributed by atoms with E-state index in [-0.39, 0.29) is 0 Å². The Morgan fingerprint density at radius 3 is 2.45 bits per heavy atom. The summed E-state index contributed by atoms with van der Waals surface area (Å²) in [6.07, 6.45) is 5.13. The Hall–Kier alpha value is -2.28. The number of unbranched alkanes of at least 4 members (excludes halogenated alkanes) is 1. The molecule has 2 aromatic carbocycles. The van der Waals surface area contributed by atoms with Crippen LogP contribution in [-0.4, -0.2) is 6.61 Å². The number of benzene rings is 2. The summed E-state index contributed by atoms with van der Waals surface area (Å²) in [7, 11) is 0. The molecule has 0 N–H and O–H groups in total. The Morgan fingerprint density at radius 1 is 1.05 bits per heavy atom. The molecule has 1 heteroatoms. The monoisotopic (exact) mass is 292 g/mol. The first-order valence-corrected chi connectivity index (χ1v) is 7.80. The van der Waals surface area contributed by atoms with Gasteiger partial charge < -0.3 is 4.74 Å². The second-order valence-corrected chi connectivity index (χ2v) is 5.53. The Morgan fingerprint density at radius 2 is 1.77 bits per heavy atom. The minimum atomic E-state index is 0.745. The summed E-state index contributed by atoms with van der Waals surface area (Å²) >= 11 is 0. The predicted octanol–water partition coefficient (Wildman–Crippen LogP) is 5.76. The lowest BCUT2D eigenvalue weighted by molar-refractivity contribution is 0.306. The zero-order valence-corrected chi connectivity index (χ0v) is 13.3. The lowest BCUT2D eigenvalue weighted by Gasteiger charge is -2.11. The molecule has 0 aliphatic rings. The summed E-state index contributed by atoms with van der Waals surface area (Å²) in [5, 5.41) is 0. The van der Waals surface area contributed by atoms with Crippen LogP contribution < -0.4 is 4.74 Å². The second-order valence-electron chi connectivity index (χ2n) is 5.53. The van der Waals surface area contributed by atoms with E-state index in [0.29, 0.717) is 0 Å². The molecule has 0 spiro atoms. The normalized spacial score (nSPS) is 10.2. The lowest BCUT2D eigenvalue weighted by atomic mass is 10.1. The van der Waals surface area contributed by atoms with Crippen molar-refractivity contribution in [1.82, 2.24) is 0 Å². The molecule has 0 aromatic heterocycles. The van der Waals surface area contributed by atoms with Crippen molar-refractivity contribution in [2.75, 3.05) is 6.61 Å². The molecule has 22 heavy (non-hydrogen) atoms. The van der Waals surface area contributed by atoms with Crippen LogP contribution in [0.1, 0.15) is 36.5 Å². The number of para-hydroxylation sites is 1. The van der Waals surface area contributed by atoms with Gasteiger partial charge in [-0.2, -0.15) is 0 Å². The first-order valence-electron chi connectivity index (χ1n) is 7.80. The maximum Gasteiger partial charge on any atom is 0.126 e. The molecule has 0 aliphatic heterocycles. The topological polar surface area (TPSA) is 9.23 Å². The van der Waals surface area contributed by atoms with Crippen molar-refractivity contribution < 1.29 is 4.74 Å². The third kappa shape index (κ3) is 4.63. The average molecular weight is 292 g/mol. The number of hydrogen-bond acceptors (Lipinski definition) is 1. The van der Waals surface area contributed by atoms with Crippen molar-refractivity contribution in [1.29, 1.82) is 0 Å². The van der Waals surface area contributed by atoms with Gasteiger partial charge in [-0.15, -0.1) is 0 Å². The minimum Gasteiger partial charge on any atom is -0.493 e. The van der Waals surface area contributed by atoms with Gasteiger partial charge >= 0.3 is 0 Å². The van der Waals surface area contributed by atoms with E-state index in [9.17, 15) is 0 Å². The minimum absolute atomic E-state index is 0.745. The summed E-state index contributed by atoms with van der Waals surface area (Å²) in [5.74, 6) is 0.935. The van der Waals surface area contributed by atoms with E-state index >= 15 is 0 Å². The van der Waals surface area contributed by atoms with E-state index in [0.717, 1.165) is 42.8 Å². The van der Waals surface area contributed by atoms with Crippen molar-refractivity contribution in [3.8, 4) is 5.75 Å². The molecule has 1 nitrogen and oxygen atoms in total. The van der Waals surface area contributed by atoms with Gasteiger partial charge in [0.15, 0.2) is 0 Å². The molecule has 0 saturated heterocycles. The Bertz CT molecular complexity index is 623. The number of aryl methyl sites for hydroxylation is 1. The van der Waals surface area contributed by atoms with Crippen LogP contribution in [0.3, 0.4) is 0 Å². The van der Waals surface area contributed by atoms with Gasteiger partial charge in [0.05, 0.1) is 6.61 Å². The Balaban J connectivity index is 1.75. The van der Waals surface area contributed by atoms with Gasteiger partial charge in [-0.05, 0) is 49.0 Å². The van der Waals surface area contributed by atoms with E-state index in [4.69, 9.17) is 4.74 Å². The van der Waals surface area contributed by atoms with Crippen LogP contribution in [0.25, 0.3) is 11.6 Å². The first kappa shape index (κ1) is 16.1. The van der Waals surface area contributed by atoms with Crippen LogP contribution in [-0.2, 0) is 6.42 Å². The van der Waals surface area contributed by atoms with Crippen LogP contribution in [0.5, 0.6) is 5.75 Å². The van der Waals surface area contributed by atoms with Crippen molar-refractivity contribution in [3.05, 3.63) is 78.4 Å². The highest BCUT2D eigenvalue weighted by Crippen LogP contribution is 2.24. The zero-order valence-electron chi connectivity index (χ0n) is 13.3. The van der Waals surface area contributed by atoms with E-state index in [1.165, 1.54) is 11.1 Å². The second kappa shape index (κ2) is 8.23. The molecule has 2 rings (SSSR count). The molecule has 0 aliphatic carbocycles. The lowest BCUT2D eigenvalue weighted by Crippen LogP contribution is -2.00. The van der Waals surface area contributed by atoms with Crippen LogP contribution >= 0.6 is 0 Å². The summed E-state index contributed by atoms with van der Waals surface area (Å²) in [5.41, 5.74) is 4.68. The molecule has 0 atom stereocenters. The van der Waals surface area contributed by atoms with E-state index in [1.54, 1.807) is 0 Å². The number of hydrogen-bond donors (Lipinski definition) is 0. The zero-order chi connectivity index (χ0) is 15.8. The number of ether oxygens (including phenoxy) is 1. The van der Waals surface area contributed by atoms with Gasteiger partial charge in [0.1, 0.15) is 5.75 Å². The van der Waals surface area contributed by atoms with Crippen LogP contribution in [0.15, 0.2) is 61.7 Å². The molecule has 0 heterocycles. The fourth-order valence-electron chi connectivity index (χ4n) is 2.38. The first-order chi connectivity index (χ1) is 10.7. The Labute approximate surface area is 134 Å². The average Bonchev–Trinajstić information content (AvgIpc) is 2.55. The predicted molar refractivity (Wildman–Crippen MR) is 96.1 cm³/mol. The molecule has 0 amide bonds. The van der Waals surface area contributed by atoms with Gasteiger partial charge in [-0.3, -0.25) is 0 Å². The molecule has 0 fully saturated rings. The third-order valence-electron chi connectivity index (χ3n) is 3.68. The van der Waals surface area contributed by atoms with Gasteiger partial charge in [0.2, 0.25) is 0 Å². The molecular formula is C21H24O. The fraction of sp³-hybridized carbons (Fsp3) is 0.238. The molecule has 0 unspecified atom stereocenters. The van der Waals surface area contributed by atoms with E-state index in [2.05, 4.69) is 43.5 Å². The third-order valence-corrected chi connectivity index (χ3v) is 3.68. The van der Waals surface area contributed by atoms with Crippen LogP contribution in [0, 0.1) is 0 Å². The van der Waals surface area contributed by atoms with Gasteiger partial charge in [0.25, 0.3) is 0 Å². The quantitative estimate of drug-likeness (QED) is 0.562. The van der Waals surface area contributed by atoms with E-state index < -0.39 is 0 Å². The van der Waals surface area contributed by atoms with Crippen LogP contribution in [0.4, 0.5) is 0 Å². The standard InChI is InChI=1S/C21H24O/c1-4-18-12-14-19(15-13-18)9-7-8-16-22-21-11-6-5-10-20(21)17(2)3/h4-6,10-15H,1-2,7-9,16H2,3H3.